The number of halogens is 2. The van der Waals surface area contributed by atoms with Gasteiger partial charge in [0.2, 0.25) is 11.8 Å². The monoisotopic (exact) mass is 351 g/mol. The van der Waals surface area contributed by atoms with Crippen molar-refractivity contribution in [1.82, 2.24) is 4.90 Å². The number of benzene rings is 1. The third kappa shape index (κ3) is 3.98. The number of anilines is 1. The van der Waals surface area contributed by atoms with Crippen LogP contribution in [0.15, 0.2) is 18.2 Å². The molecule has 3 rings (SSSR count). The first-order chi connectivity index (χ1) is 11.7. The van der Waals surface area contributed by atoms with Gasteiger partial charge in [-0.1, -0.05) is 6.92 Å². The Bertz CT molecular complexity index is 693. The van der Waals surface area contributed by atoms with E-state index in [4.69, 9.17) is 5.73 Å². The van der Waals surface area contributed by atoms with Gasteiger partial charge in [-0.2, -0.15) is 0 Å². The number of amides is 2. The molecular formula is C18H23F2N3O2. The molecule has 2 aliphatic rings. The van der Waals surface area contributed by atoms with Gasteiger partial charge in [0.15, 0.2) is 0 Å². The highest BCUT2D eigenvalue weighted by atomic mass is 19.3. The highest BCUT2D eigenvalue weighted by molar-refractivity contribution is 5.98. The van der Waals surface area contributed by atoms with Crippen LogP contribution in [0.2, 0.25) is 0 Å². The molecular weight excluding hydrogens is 328 g/mol. The van der Waals surface area contributed by atoms with Crippen molar-refractivity contribution in [2.75, 3.05) is 18.4 Å². The van der Waals surface area contributed by atoms with Gasteiger partial charge >= 0.3 is 0 Å². The maximum Gasteiger partial charge on any atom is 0.253 e. The zero-order chi connectivity index (χ0) is 18.2. The Hall–Kier alpha value is -2.02. The summed E-state index contributed by atoms with van der Waals surface area (Å²) < 4.78 is 27.4. The van der Waals surface area contributed by atoms with Gasteiger partial charge in [0, 0.05) is 37.2 Å². The number of hydrogen-bond acceptors (Lipinski definition) is 3. The molecule has 7 heteroatoms. The van der Waals surface area contributed by atoms with Gasteiger partial charge in [0.1, 0.15) is 0 Å². The average molecular weight is 351 g/mol. The number of carbonyl (C=O) groups is 2. The van der Waals surface area contributed by atoms with Gasteiger partial charge in [-0.25, -0.2) is 8.78 Å². The highest BCUT2D eigenvalue weighted by Crippen LogP contribution is 2.32. The average Bonchev–Trinajstić information content (AvgIpc) is 2.78. The number of fused-ring (bicyclic) bond motifs is 1. The Kier molecular flexibility index (Phi) is 4.77. The first-order valence-electron chi connectivity index (χ1n) is 8.62. The summed E-state index contributed by atoms with van der Waals surface area (Å²) in [5.41, 5.74) is 7.74. The van der Waals surface area contributed by atoms with E-state index in [0.717, 1.165) is 5.56 Å². The number of carbonyl (C=O) groups excluding carboxylic acids is 2. The zero-order valence-corrected chi connectivity index (χ0v) is 14.2. The molecule has 0 radical (unpaired) electrons. The van der Waals surface area contributed by atoms with Gasteiger partial charge < -0.3 is 16.0 Å². The van der Waals surface area contributed by atoms with Gasteiger partial charge in [-0.15, -0.1) is 0 Å². The fourth-order valence-electron chi connectivity index (χ4n) is 3.53. The summed E-state index contributed by atoms with van der Waals surface area (Å²) in [6.45, 7) is 2.12. The van der Waals surface area contributed by atoms with Crippen LogP contribution in [0.3, 0.4) is 0 Å². The Morgan fingerprint density at radius 3 is 2.92 bits per heavy atom. The lowest BCUT2D eigenvalue weighted by atomic mass is 10.0. The van der Waals surface area contributed by atoms with Gasteiger partial charge in [-0.3, -0.25) is 9.59 Å². The molecule has 136 valence electrons. The smallest absolute Gasteiger partial charge is 0.253 e. The van der Waals surface area contributed by atoms with Crippen LogP contribution in [-0.4, -0.2) is 41.8 Å². The van der Waals surface area contributed by atoms with Gasteiger partial charge in [0.05, 0.1) is 6.04 Å². The molecule has 1 fully saturated rings. The lowest BCUT2D eigenvalue weighted by Crippen LogP contribution is -2.34. The van der Waals surface area contributed by atoms with E-state index in [1.54, 1.807) is 25.1 Å². The maximum atomic E-state index is 13.7. The van der Waals surface area contributed by atoms with Crippen molar-refractivity contribution in [1.29, 1.82) is 0 Å². The van der Waals surface area contributed by atoms with E-state index < -0.39 is 12.0 Å². The number of nitrogens with one attached hydrogen (secondary N) is 1. The second-order valence-corrected chi connectivity index (χ2v) is 7.17. The standard InChI is InChI=1S/C18H23F2N3O2/c1-11-9-18(19,20)6-7-23(10-11)17(25)13-3-5-15-12(8-13)2-4-14(21)16(24)22-15/h3,5,8,11,14H,2,4,6-7,9-10,21H2,1H3,(H,22,24). The lowest BCUT2D eigenvalue weighted by molar-refractivity contribution is -0.117. The van der Waals surface area contributed by atoms with Crippen molar-refractivity contribution in [2.24, 2.45) is 11.7 Å². The Balaban J connectivity index is 1.80. The van der Waals surface area contributed by atoms with E-state index in [1.807, 2.05) is 0 Å². The largest absolute Gasteiger partial charge is 0.338 e. The molecule has 2 amide bonds. The van der Waals surface area contributed by atoms with E-state index >= 15 is 0 Å². The Morgan fingerprint density at radius 1 is 1.40 bits per heavy atom. The summed E-state index contributed by atoms with van der Waals surface area (Å²) >= 11 is 0. The molecule has 1 aromatic rings. The normalized spacial score (nSPS) is 26.2. The Morgan fingerprint density at radius 2 is 2.16 bits per heavy atom. The molecule has 0 aromatic heterocycles. The zero-order valence-electron chi connectivity index (χ0n) is 14.2. The van der Waals surface area contributed by atoms with Crippen molar-refractivity contribution in [2.45, 2.75) is 44.6 Å². The number of hydrogen-bond donors (Lipinski definition) is 2. The SMILES string of the molecule is CC1CN(C(=O)c2ccc3c(c2)CCC(N)C(=O)N3)CCC(F)(F)C1. The third-order valence-corrected chi connectivity index (χ3v) is 4.89. The minimum atomic E-state index is -2.72. The quantitative estimate of drug-likeness (QED) is 0.816. The van der Waals surface area contributed by atoms with Crippen molar-refractivity contribution in [3.8, 4) is 0 Å². The Labute approximate surface area is 145 Å². The van der Waals surface area contributed by atoms with Crippen LogP contribution in [0.25, 0.3) is 0 Å². The molecule has 2 heterocycles. The van der Waals surface area contributed by atoms with Crippen LogP contribution in [0.5, 0.6) is 0 Å². The first kappa shape index (κ1) is 17.8. The van der Waals surface area contributed by atoms with E-state index in [0.29, 0.717) is 30.6 Å². The fourth-order valence-corrected chi connectivity index (χ4v) is 3.53. The molecule has 25 heavy (non-hydrogen) atoms. The van der Waals surface area contributed by atoms with E-state index in [9.17, 15) is 18.4 Å². The molecule has 2 aliphatic heterocycles. The van der Waals surface area contributed by atoms with Crippen LogP contribution in [0.1, 0.15) is 42.1 Å². The molecule has 2 unspecified atom stereocenters. The molecule has 0 saturated carbocycles. The maximum absolute atomic E-state index is 13.7. The number of alkyl halides is 2. The van der Waals surface area contributed by atoms with E-state index in [2.05, 4.69) is 5.32 Å². The lowest BCUT2D eigenvalue weighted by Gasteiger charge is -2.23. The minimum absolute atomic E-state index is 0.0505. The van der Waals surface area contributed by atoms with Crippen LogP contribution in [-0.2, 0) is 11.2 Å². The predicted molar refractivity (Wildman–Crippen MR) is 90.6 cm³/mol. The highest BCUT2D eigenvalue weighted by Gasteiger charge is 2.36. The summed E-state index contributed by atoms with van der Waals surface area (Å²) in [5.74, 6) is -3.45. The van der Waals surface area contributed by atoms with Crippen LogP contribution < -0.4 is 11.1 Å². The van der Waals surface area contributed by atoms with Crippen molar-refractivity contribution < 1.29 is 18.4 Å². The van der Waals surface area contributed by atoms with E-state index in [1.165, 1.54) is 4.90 Å². The number of likely N-dealkylation sites (tertiary alicyclic amines) is 1. The molecule has 1 saturated heterocycles. The molecule has 0 spiro atoms. The van der Waals surface area contributed by atoms with Gasteiger partial charge in [-0.05, 0) is 42.5 Å². The third-order valence-electron chi connectivity index (χ3n) is 4.89. The predicted octanol–water partition coefficient (Wildman–Crippen LogP) is 2.41. The molecule has 0 bridgehead atoms. The van der Waals surface area contributed by atoms with Crippen molar-refractivity contribution in [3.63, 3.8) is 0 Å². The number of nitrogens with zero attached hydrogens (tertiary/aromatic N) is 1. The number of rotatable bonds is 1. The molecule has 0 aliphatic carbocycles. The summed E-state index contributed by atoms with van der Waals surface area (Å²) in [7, 11) is 0. The first-order valence-corrected chi connectivity index (χ1v) is 8.62. The summed E-state index contributed by atoms with van der Waals surface area (Å²) in [6.07, 6.45) is 0.595. The number of nitrogens with two attached hydrogens (primary N) is 1. The molecule has 5 nitrogen and oxygen atoms in total. The molecule has 1 aromatic carbocycles. The van der Waals surface area contributed by atoms with Crippen molar-refractivity contribution in [3.05, 3.63) is 29.3 Å². The summed E-state index contributed by atoms with van der Waals surface area (Å²) in [6, 6.07) is 4.49. The van der Waals surface area contributed by atoms with E-state index in [-0.39, 0.29) is 37.1 Å². The minimum Gasteiger partial charge on any atom is -0.338 e. The van der Waals surface area contributed by atoms with Crippen LogP contribution in [0, 0.1) is 5.92 Å². The second kappa shape index (κ2) is 6.71. The topological polar surface area (TPSA) is 75.4 Å². The van der Waals surface area contributed by atoms with Crippen LogP contribution >= 0.6 is 0 Å². The van der Waals surface area contributed by atoms with Crippen LogP contribution in [0.4, 0.5) is 14.5 Å². The van der Waals surface area contributed by atoms with Gasteiger partial charge in [0.25, 0.3) is 5.91 Å². The fraction of sp³-hybridized carbons (Fsp3) is 0.556. The second-order valence-electron chi connectivity index (χ2n) is 7.17. The summed E-state index contributed by atoms with van der Waals surface area (Å²) in [4.78, 5) is 26.1. The molecule has 3 N–H and O–H groups in total. The number of aryl methyl sites for hydroxylation is 1. The molecule has 2 atom stereocenters. The summed E-state index contributed by atoms with van der Waals surface area (Å²) in [5, 5.41) is 2.76. The van der Waals surface area contributed by atoms with Crippen molar-refractivity contribution >= 4 is 17.5 Å².